The number of carbonyl (C=O) groups is 3. The van der Waals surface area contributed by atoms with Gasteiger partial charge in [-0.25, -0.2) is 9.86 Å². The Balaban J connectivity index is 0.00000648. The van der Waals surface area contributed by atoms with Gasteiger partial charge in [-0.15, -0.1) is 0 Å². The number of hydrogen-bond acceptors (Lipinski definition) is 6. The van der Waals surface area contributed by atoms with E-state index in [1.807, 2.05) is 24.3 Å². The van der Waals surface area contributed by atoms with E-state index in [2.05, 4.69) is 35.0 Å². The number of nitrogens with zero attached hydrogens (tertiary/aromatic N) is 1. The second-order valence-corrected chi connectivity index (χ2v) is 7.96. The van der Waals surface area contributed by atoms with Crippen LogP contribution < -0.4 is 16.0 Å². The van der Waals surface area contributed by atoms with E-state index < -0.39 is 30.0 Å². The average Bonchev–Trinajstić information content (AvgIpc) is 2.87. The summed E-state index contributed by atoms with van der Waals surface area (Å²) in [6, 6.07) is 13.2. The number of hydroxylamine groups is 2. The molecule has 0 aromatic heterocycles. The molecular formula is C26H38N4O6. The highest BCUT2D eigenvalue weighted by Gasteiger charge is 2.26. The van der Waals surface area contributed by atoms with Crippen LogP contribution in [0.5, 0.6) is 0 Å². The lowest BCUT2D eigenvalue weighted by atomic mass is 10.0. The van der Waals surface area contributed by atoms with Crippen molar-refractivity contribution in [1.82, 2.24) is 21.0 Å². The Hall–Kier alpha value is -3.47. The van der Waals surface area contributed by atoms with Gasteiger partial charge in [-0.3, -0.25) is 14.8 Å². The van der Waals surface area contributed by atoms with E-state index in [4.69, 9.17) is 4.74 Å². The van der Waals surface area contributed by atoms with Gasteiger partial charge in [0.1, 0.15) is 6.04 Å². The zero-order chi connectivity index (χ0) is 25.8. The number of rotatable bonds is 12. The van der Waals surface area contributed by atoms with E-state index in [-0.39, 0.29) is 27.1 Å². The van der Waals surface area contributed by atoms with Crippen molar-refractivity contribution in [3.05, 3.63) is 59.7 Å². The Labute approximate surface area is 212 Å². The van der Waals surface area contributed by atoms with Crippen molar-refractivity contribution in [1.29, 1.82) is 0 Å². The highest BCUT2D eigenvalue weighted by atomic mass is 16.5. The van der Waals surface area contributed by atoms with Crippen molar-refractivity contribution in [2.24, 2.45) is 0 Å². The minimum atomic E-state index is -1.22. The summed E-state index contributed by atoms with van der Waals surface area (Å²) >= 11 is 0. The van der Waals surface area contributed by atoms with Gasteiger partial charge in [-0.05, 0) is 42.2 Å². The van der Waals surface area contributed by atoms with Crippen LogP contribution >= 0.6 is 0 Å². The smallest absolute Gasteiger partial charge is 0.341 e. The Morgan fingerprint density at radius 2 is 1.56 bits per heavy atom. The molecule has 0 bridgehead atoms. The quantitative estimate of drug-likeness (QED) is 0.171. The van der Waals surface area contributed by atoms with Crippen LogP contribution in [0.3, 0.4) is 0 Å². The van der Waals surface area contributed by atoms with E-state index in [1.54, 1.807) is 12.1 Å². The molecule has 0 saturated heterocycles. The normalized spacial score (nSPS) is 12.0. The molecule has 0 spiro atoms. The molecule has 2 aromatic carbocycles. The van der Waals surface area contributed by atoms with Gasteiger partial charge < -0.3 is 25.8 Å². The zero-order valence-corrected chi connectivity index (χ0v) is 20.3. The third-order valence-electron chi connectivity index (χ3n) is 5.33. The van der Waals surface area contributed by atoms with Crippen molar-refractivity contribution < 1.29 is 29.4 Å². The van der Waals surface area contributed by atoms with Gasteiger partial charge in [0.25, 0.3) is 5.91 Å². The maximum absolute atomic E-state index is 12.7. The van der Waals surface area contributed by atoms with Crippen LogP contribution in [-0.2, 0) is 16.0 Å². The molecule has 0 heterocycles. The van der Waals surface area contributed by atoms with E-state index in [9.17, 15) is 24.7 Å². The van der Waals surface area contributed by atoms with Crippen LogP contribution in [0, 0.1) is 0 Å². The second-order valence-electron chi connectivity index (χ2n) is 7.96. The lowest BCUT2D eigenvalue weighted by molar-refractivity contribution is -0.125. The van der Waals surface area contributed by atoms with Crippen LogP contribution in [0.2, 0.25) is 0 Å². The molecule has 4 amide bonds. The third kappa shape index (κ3) is 9.29. The first-order valence-electron chi connectivity index (χ1n) is 11.5. The van der Waals surface area contributed by atoms with E-state index in [0.717, 1.165) is 17.5 Å². The maximum atomic E-state index is 12.7. The minimum Gasteiger partial charge on any atom is -0.391 e. The number of carbonyl (C=O) groups excluding carboxylic acids is 3. The average molecular weight is 503 g/mol. The molecule has 198 valence electrons. The first-order chi connectivity index (χ1) is 16.8. The van der Waals surface area contributed by atoms with E-state index >= 15 is 0 Å². The molecular weight excluding hydrogens is 464 g/mol. The topological polar surface area (TPSA) is 140 Å². The van der Waals surface area contributed by atoms with E-state index in [0.29, 0.717) is 17.2 Å². The summed E-state index contributed by atoms with van der Waals surface area (Å²) in [6.07, 6.45) is -0.210. The number of benzene rings is 2. The molecule has 0 fully saturated rings. The van der Waals surface area contributed by atoms with Crippen molar-refractivity contribution in [2.75, 3.05) is 33.4 Å². The van der Waals surface area contributed by atoms with Crippen LogP contribution in [0.25, 0.3) is 11.1 Å². The standard InChI is InChI=1S/C25H34N4O6.CH4/c1-4-18-5-7-19(8-6-18)20-9-11-21(12-10-20)23(31)28-22(17(2)30)24(32)26-13-15-29(34)25(33)27-14-16-35-3;/h5-12,17,22,30,34H,4,13-16H2,1-3H3,(H,26,32)(H,27,33)(H,28,31);1H4/t17-,22+;/m1./s1. The molecule has 0 radical (unpaired) electrons. The maximum Gasteiger partial charge on any atom is 0.341 e. The Kier molecular flexibility index (Phi) is 13.2. The highest BCUT2D eigenvalue weighted by Crippen LogP contribution is 2.20. The fourth-order valence-corrected chi connectivity index (χ4v) is 3.22. The fraction of sp³-hybridized carbons (Fsp3) is 0.423. The lowest BCUT2D eigenvalue weighted by Gasteiger charge is -2.22. The summed E-state index contributed by atoms with van der Waals surface area (Å²) in [4.78, 5) is 36.9. The summed E-state index contributed by atoms with van der Waals surface area (Å²) in [5.41, 5.74) is 3.56. The molecule has 10 nitrogen and oxygen atoms in total. The monoisotopic (exact) mass is 502 g/mol. The summed E-state index contributed by atoms with van der Waals surface area (Å²) in [5.74, 6) is -1.16. The number of aryl methyl sites for hydroxylation is 1. The first-order valence-corrected chi connectivity index (χ1v) is 11.5. The molecule has 0 aliphatic rings. The molecule has 2 rings (SSSR count). The Morgan fingerprint density at radius 1 is 0.972 bits per heavy atom. The van der Waals surface area contributed by atoms with Gasteiger partial charge in [0, 0.05) is 25.8 Å². The largest absolute Gasteiger partial charge is 0.391 e. The predicted octanol–water partition coefficient (Wildman–Crippen LogP) is 2.19. The Morgan fingerprint density at radius 3 is 2.08 bits per heavy atom. The number of aliphatic hydroxyl groups is 1. The van der Waals surface area contributed by atoms with Gasteiger partial charge in [0.05, 0.1) is 19.3 Å². The molecule has 0 aliphatic heterocycles. The Bertz CT molecular complexity index is 963. The summed E-state index contributed by atoms with van der Waals surface area (Å²) in [6.45, 7) is 3.72. The van der Waals surface area contributed by atoms with Crippen LogP contribution in [0.15, 0.2) is 48.5 Å². The van der Waals surface area contributed by atoms with Gasteiger partial charge in [-0.1, -0.05) is 50.7 Å². The number of nitrogens with one attached hydrogen (secondary N) is 3. The van der Waals surface area contributed by atoms with Gasteiger partial charge in [-0.2, -0.15) is 0 Å². The molecule has 2 atom stereocenters. The number of aliphatic hydroxyl groups excluding tert-OH is 1. The predicted molar refractivity (Wildman–Crippen MR) is 138 cm³/mol. The van der Waals surface area contributed by atoms with Gasteiger partial charge in [0.15, 0.2) is 0 Å². The SMILES string of the molecule is C.CCc1ccc(-c2ccc(C(=O)N[C@H](C(=O)NCCN(O)C(=O)NCCOC)[C@@H](C)O)cc2)cc1. The minimum absolute atomic E-state index is 0. The number of ether oxygens (including phenoxy) is 1. The highest BCUT2D eigenvalue weighted by molar-refractivity contribution is 5.98. The first kappa shape index (κ1) is 30.6. The summed E-state index contributed by atoms with van der Waals surface area (Å²) in [5, 5.41) is 27.6. The number of hydrogen-bond donors (Lipinski definition) is 5. The van der Waals surface area contributed by atoms with Crippen molar-refractivity contribution in [3.63, 3.8) is 0 Å². The molecule has 10 heteroatoms. The van der Waals surface area contributed by atoms with Gasteiger partial charge >= 0.3 is 6.03 Å². The number of urea groups is 1. The number of methoxy groups -OCH3 is 1. The third-order valence-corrected chi connectivity index (χ3v) is 5.33. The van der Waals surface area contributed by atoms with Crippen molar-refractivity contribution >= 4 is 17.8 Å². The lowest BCUT2D eigenvalue weighted by Crippen LogP contribution is -2.53. The van der Waals surface area contributed by atoms with E-state index in [1.165, 1.54) is 19.6 Å². The van der Waals surface area contributed by atoms with Gasteiger partial charge in [0.2, 0.25) is 5.91 Å². The van der Waals surface area contributed by atoms with Crippen LogP contribution in [0.4, 0.5) is 4.79 Å². The molecule has 5 N–H and O–H groups in total. The fourth-order valence-electron chi connectivity index (χ4n) is 3.22. The molecule has 0 saturated carbocycles. The molecule has 0 unspecified atom stereocenters. The molecule has 2 aromatic rings. The second kappa shape index (κ2) is 15.5. The van der Waals surface area contributed by atoms with Crippen molar-refractivity contribution in [3.8, 4) is 11.1 Å². The zero-order valence-electron chi connectivity index (χ0n) is 20.3. The molecule has 0 aliphatic carbocycles. The van der Waals surface area contributed by atoms with Crippen LogP contribution in [0.1, 0.15) is 37.2 Å². The summed E-state index contributed by atoms with van der Waals surface area (Å²) in [7, 11) is 1.48. The molecule has 36 heavy (non-hydrogen) atoms. The summed E-state index contributed by atoms with van der Waals surface area (Å²) < 4.78 is 4.80. The number of amides is 4. The van der Waals surface area contributed by atoms with Crippen molar-refractivity contribution in [2.45, 2.75) is 39.8 Å². The van der Waals surface area contributed by atoms with Crippen LogP contribution in [-0.4, -0.2) is 78.7 Å².